The van der Waals surface area contributed by atoms with Gasteiger partial charge in [0.1, 0.15) is 18.2 Å². The van der Waals surface area contributed by atoms with Gasteiger partial charge in [0.25, 0.3) is 0 Å². The zero-order chi connectivity index (χ0) is 14.5. The lowest BCUT2D eigenvalue weighted by atomic mass is 9.89. The van der Waals surface area contributed by atoms with E-state index in [0.717, 1.165) is 29.7 Å². The van der Waals surface area contributed by atoms with Gasteiger partial charge in [-0.1, -0.05) is 13.8 Å². The molecule has 0 aliphatic carbocycles. The summed E-state index contributed by atoms with van der Waals surface area (Å²) in [4.78, 5) is 2.48. The van der Waals surface area contributed by atoms with Crippen molar-refractivity contribution in [3.63, 3.8) is 0 Å². The van der Waals surface area contributed by atoms with E-state index in [2.05, 4.69) is 18.7 Å². The largest absolute Gasteiger partial charge is 0.492 e. The molecular formula is C16H25N3O. The van der Waals surface area contributed by atoms with Crippen LogP contribution in [0.3, 0.4) is 0 Å². The van der Waals surface area contributed by atoms with Crippen LogP contribution in [0.2, 0.25) is 0 Å². The summed E-state index contributed by atoms with van der Waals surface area (Å²) in [7, 11) is 0. The molecule has 2 atom stereocenters. The maximum Gasteiger partial charge on any atom is 0.122 e. The van der Waals surface area contributed by atoms with E-state index in [9.17, 15) is 0 Å². The van der Waals surface area contributed by atoms with Crippen LogP contribution >= 0.6 is 0 Å². The van der Waals surface area contributed by atoms with Crippen molar-refractivity contribution in [1.82, 2.24) is 4.90 Å². The Morgan fingerprint density at radius 3 is 2.60 bits per heavy atom. The minimum absolute atomic E-state index is 0.0907. The summed E-state index contributed by atoms with van der Waals surface area (Å²) in [5.41, 5.74) is 6.15. The number of ether oxygens (including phenoxy) is 1. The summed E-state index contributed by atoms with van der Waals surface area (Å²) in [5, 5.41) is 7.34. The van der Waals surface area contributed by atoms with E-state index in [1.807, 2.05) is 24.3 Å². The summed E-state index contributed by atoms with van der Waals surface area (Å²) in [5.74, 6) is 2.55. The van der Waals surface area contributed by atoms with E-state index < -0.39 is 0 Å². The molecule has 0 amide bonds. The first-order chi connectivity index (χ1) is 9.56. The van der Waals surface area contributed by atoms with Crippen LogP contribution in [0.15, 0.2) is 24.3 Å². The lowest BCUT2D eigenvalue weighted by Gasteiger charge is -2.35. The van der Waals surface area contributed by atoms with Crippen molar-refractivity contribution in [3.8, 4) is 5.75 Å². The van der Waals surface area contributed by atoms with Crippen molar-refractivity contribution in [3.05, 3.63) is 29.8 Å². The molecule has 1 heterocycles. The fourth-order valence-corrected chi connectivity index (χ4v) is 2.58. The molecule has 4 nitrogen and oxygen atoms in total. The van der Waals surface area contributed by atoms with E-state index in [0.29, 0.717) is 6.61 Å². The second-order valence-corrected chi connectivity index (χ2v) is 5.83. The first-order valence-corrected chi connectivity index (χ1v) is 7.36. The van der Waals surface area contributed by atoms with Gasteiger partial charge in [0.05, 0.1) is 0 Å². The van der Waals surface area contributed by atoms with Gasteiger partial charge < -0.3 is 10.5 Å². The van der Waals surface area contributed by atoms with E-state index >= 15 is 0 Å². The highest BCUT2D eigenvalue weighted by molar-refractivity contribution is 5.94. The molecule has 1 aliphatic heterocycles. The Morgan fingerprint density at radius 1 is 1.30 bits per heavy atom. The van der Waals surface area contributed by atoms with Crippen molar-refractivity contribution >= 4 is 5.84 Å². The van der Waals surface area contributed by atoms with Crippen LogP contribution in [0.25, 0.3) is 0 Å². The third-order valence-corrected chi connectivity index (χ3v) is 4.26. The van der Waals surface area contributed by atoms with Crippen LogP contribution < -0.4 is 10.5 Å². The van der Waals surface area contributed by atoms with Crippen LogP contribution in [0, 0.1) is 17.2 Å². The number of likely N-dealkylation sites (tertiary alicyclic amines) is 1. The number of hydrogen-bond donors (Lipinski definition) is 2. The molecule has 0 radical (unpaired) electrons. The third kappa shape index (κ3) is 3.97. The molecular weight excluding hydrogens is 250 g/mol. The van der Waals surface area contributed by atoms with Gasteiger partial charge in [-0.05, 0) is 49.1 Å². The lowest BCUT2D eigenvalue weighted by Crippen LogP contribution is -2.40. The number of nitrogen functional groups attached to an aromatic ring is 1. The van der Waals surface area contributed by atoms with Crippen LogP contribution in [0.1, 0.15) is 25.8 Å². The Labute approximate surface area is 121 Å². The molecule has 0 saturated carbocycles. The molecule has 1 aromatic carbocycles. The number of hydrogen-bond acceptors (Lipinski definition) is 3. The normalized spacial score (nSPS) is 23.5. The van der Waals surface area contributed by atoms with Gasteiger partial charge in [0.2, 0.25) is 0 Å². The second kappa shape index (κ2) is 6.75. The Kier molecular flexibility index (Phi) is 5.01. The second-order valence-electron chi connectivity index (χ2n) is 5.83. The maximum absolute atomic E-state index is 7.34. The van der Waals surface area contributed by atoms with Crippen LogP contribution in [0.4, 0.5) is 0 Å². The monoisotopic (exact) mass is 275 g/mol. The summed E-state index contributed by atoms with van der Waals surface area (Å²) >= 11 is 0. The van der Waals surface area contributed by atoms with E-state index in [4.69, 9.17) is 15.9 Å². The quantitative estimate of drug-likeness (QED) is 0.640. The SMILES string of the molecule is CC1CCN(CCOc2ccc(C(=N)N)cc2)CC1C. The molecule has 3 N–H and O–H groups in total. The summed E-state index contributed by atoms with van der Waals surface area (Å²) in [6, 6.07) is 7.39. The fourth-order valence-electron chi connectivity index (χ4n) is 2.58. The first-order valence-electron chi connectivity index (χ1n) is 7.36. The van der Waals surface area contributed by atoms with Gasteiger partial charge >= 0.3 is 0 Å². The molecule has 110 valence electrons. The topological polar surface area (TPSA) is 62.3 Å². The minimum Gasteiger partial charge on any atom is -0.492 e. The van der Waals surface area contributed by atoms with Crippen LogP contribution in [-0.4, -0.2) is 37.0 Å². The Balaban J connectivity index is 1.74. The maximum atomic E-state index is 7.34. The number of benzene rings is 1. The van der Waals surface area contributed by atoms with Crippen molar-refractivity contribution in [2.24, 2.45) is 17.6 Å². The molecule has 1 aliphatic rings. The van der Waals surface area contributed by atoms with Gasteiger partial charge in [-0.15, -0.1) is 0 Å². The number of amidine groups is 1. The Bertz CT molecular complexity index is 444. The van der Waals surface area contributed by atoms with Crippen molar-refractivity contribution < 1.29 is 4.74 Å². The standard InChI is InChI=1S/C16H25N3O/c1-12-7-8-19(11-13(12)2)9-10-20-15-5-3-14(4-6-15)16(17)18/h3-6,12-13H,7-11H2,1-2H3,(H3,17,18). The Morgan fingerprint density at radius 2 is 2.00 bits per heavy atom. The average molecular weight is 275 g/mol. The molecule has 1 saturated heterocycles. The number of nitrogens with two attached hydrogens (primary N) is 1. The zero-order valence-corrected chi connectivity index (χ0v) is 12.4. The van der Waals surface area contributed by atoms with Crippen LogP contribution in [-0.2, 0) is 0 Å². The van der Waals surface area contributed by atoms with Crippen molar-refractivity contribution in [2.45, 2.75) is 20.3 Å². The predicted octanol–water partition coefficient (Wildman–Crippen LogP) is 2.33. The molecule has 2 unspecified atom stereocenters. The predicted molar refractivity (Wildman–Crippen MR) is 82.3 cm³/mol. The zero-order valence-electron chi connectivity index (χ0n) is 12.4. The molecule has 20 heavy (non-hydrogen) atoms. The smallest absolute Gasteiger partial charge is 0.122 e. The summed E-state index contributed by atoms with van der Waals surface area (Å²) < 4.78 is 5.75. The highest BCUT2D eigenvalue weighted by Gasteiger charge is 2.22. The molecule has 1 aromatic rings. The van der Waals surface area contributed by atoms with E-state index in [1.165, 1.54) is 19.5 Å². The lowest BCUT2D eigenvalue weighted by molar-refractivity contribution is 0.119. The fraction of sp³-hybridized carbons (Fsp3) is 0.562. The Hall–Kier alpha value is -1.55. The number of nitrogens with zero attached hydrogens (tertiary/aromatic N) is 1. The third-order valence-electron chi connectivity index (χ3n) is 4.26. The minimum atomic E-state index is 0.0907. The molecule has 0 aromatic heterocycles. The summed E-state index contributed by atoms with van der Waals surface area (Å²) in [6.07, 6.45) is 1.29. The molecule has 4 heteroatoms. The molecule has 1 fully saturated rings. The van der Waals surface area contributed by atoms with Crippen LogP contribution in [0.5, 0.6) is 5.75 Å². The first kappa shape index (κ1) is 14.9. The molecule has 0 bridgehead atoms. The van der Waals surface area contributed by atoms with Gasteiger partial charge in [-0.2, -0.15) is 0 Å². The highest BCUT2D eigenvalue weighted by atomic mass is 16.5. The van der Waals surface area contributed by atoms with Crippen molar-refractivity contribution in [1.29, 1.82) is 5.41 Å². The van der Waals surface area contributed by atoms with Gasteiger partial charge in [0, 0.05) is 18.7 Å². The highest BCUT2D eigenvalue weighted by Crippen LogP contribution is 2.22. The average Bonchev–Trinajstić information content (AvgIpc) is 2.43. The number of piperidine rings is 1. The number of nitrogens with one attached hydrogen (secondary N) is 1. The number of rotatable bonds is 5. The molecule has 2 rings (SSSR count). The van der Waals surface area contributed by atoms with E-state index in [1.54, 1.807) is 0 Å². The van der Waals surface area contributed by atoms with Crippen molar-refractivity contribution in [2.75, 3.05) is 26.2 Å². The van der Waals surface area contributed by atoms with E-state index in [-0.39, 0.29) is 5.84 Å². The van der Waals surface area contributed by atoms with Gasteiger partial charge in [-0.3, -0.25) is 10.3 Å². The summed E-state index contributed by atoms with van der Waals surface area (Å²) in [6.45, 7) is 8.71. The molecule has 0 spiro atoms. The van der Waals surface area contributed by atoms with Gasteiger partial charge in [0.15, 0.2) is 0 Å². The van der Waals surface area contributed by atoms with Gasteiger partial charge in [-0.25, -0.2) is 0 Å².